The van der Waals surface area contributed by atoms with Gasteiger partial charge in [0.05, 0.1) is 18.0 Å². The fourth-order valence-corrected chi connectivity index (χ4v) is 4.28. The Balaban J connectivity index is 1.69. The van der Waals surface area contributed by atoms with E-state index in [-0.39, 0.29) is 11.4 Å². The normalized spacial score (nSPS) is 19.4. The molecule has 1 aliphatic carbocycles. The maximum Gasteiger partial charge on any atom is 0.243 e. The third-order valence-corrected chi connectivity index (χ3v) is 6.73. The van der Waals surface area contributed by atoms with Crippen molar-refractivity contribution >= 4 is 10.0 Å². The number of hydrogen-bond donors (Lipinski definition) is 0. The Morgan fingerprint density at radius 1 is 1.22 bits per heavy atom. The molecule has 1 aliphatic rings. The summed E-state index contributed by atoms with van der Waals surface area (Å²) in [6, 6.07) is 8.71. The fourth-order valence-electron chi connectivity index (χ4n) is 3.06. The van der Waals surface area contributed by atoms with E-state index in [1.54, 1.807) is 32.4 Å². The van der Waals surface area contributed by atoms with Crippen molar-refractivity contribution in [3.8, 4) is 5.75 Å². The summed E-state index contributed by atoms with van der Waals surface area (Å²) in [5.74, 6) is 3.40. The first kappa shape index (κ1) is 19.9. The van der Waals surface area contributed by atoms with Gasteiger partial charge in [-0.1, -0.05) is 6.92 Å². The molecule has 1 saturated carbocycles. The first-order valence-corrected chi connectivity index (χ1v) is 10.5. The predicted octanol–water partition coefficient (Wildman–Crippen LogP) is 3.56. The highest BCUT2D eigenvalue weighted by Gasteiger charge is 2.36. The number of furan rings is 1. The van der Waals surface area contributed by atoms with Crippen LogP contribution in [0.4, 0.5) is 0 Å². The Morgan fingerprint density at radius 2 is 1.96 bits per heavy atom. The molecule has 2 aromatic rings. The molecule has 3 rings (SSSR count). The number of methoxy groups -OCH3 is 1. The summed E-state index contributed by atoms with van der Waals surface area (Å²) in [5.41, 5.74) is 0.767. The van der Waals surface area contributed by atoms with Crippen LogP contribution in [0.1, 0.15) is 36.3 Å². The maximum absolute atomic E-state index is 12.9. The number of hydrogen-bond acceptors (Lipinski definition) is 5. The average Bonchev–Trinajstić information content (AvgIpc) is 3.17. The molecular formula is C20H27NO5S. The van der Waals surface area contributed by atoms with Crippen LogP contribution in [0.25, 0.3) is 0 Å². The van der Waals surface area contributed by atoms with Crippen molar-refractivity contribution in [2.24, 2.45) is 5.92 Å². The highest BCUT2D eigenvalue weighted by molar-refractivity contribution is 7.89. The number of benzene rings is 1. The standard InChI is InChI=1S/C20H27NO5S/c1-14-12-18(14)20-7-5-16(26-20)13-21(3)27(22,23)17-6-8-19(15(2)11-17)25-10-9-24-4/h5-8,11,14,18H,9-10,12-13H2,1-4H3/t14-,18+/m0/s1. The van der Waals surface area contributed by atoms with E-state index in [1.165, 1.54) is 4.31 Å². The van der Waals surface area contributed by atoms with E-state index in [0.29, 0.717) is 36.6 Å². The predicted molar refractivity (Wildman–Crippen MR) is 102 cm³/mol. The Kier molecular flexibility index (Phi) is 5.93. The second kappa shape index (κ2) is 8.04. The zero-order valence-corrected chi connectivity index (χ0v) is 17.1. The number of aryl methyl sites for hydroxylation is 1. The summed E-state index contributed by atoms with van der Waals surface area (Å²) in [5, 5.41) is 0. The largest absolute Gasteiger partial charge is 0.491 e. The molecule has 0 amide bonds. The summed E-state index contributed by atoms with van der Waals surface area (Å²) in [4.78, 5) is 0.240. The SMILES string of the molecule is COCCOc1ccc(S(=O)(=O)N(C)Cc2ccc([C@@H]3C[C@@H]3C)o2)cc1C. The lowest BCUT2D eigenvalue weighted by Crippen LogP contribution is -2.26. The Bertz CT molecular complexity index is 890. The van der Waals surface area contributed by atoms with Crippen LogP contribution < -0.4 is 4.74 Å². The molecule has 2 atom stereocenters. The summed E-state index contributed by atoms with van der Waals surface area (Å²) in [6.07, 6.45) is 1.14. The summed E-state index contributed by atoms with van der Waals surface area (Å²) in [7, 11) is -0.443. The van der Waals surface area contributed by atoms with E-state index in [4.69, 9.17) is 13.9 Å². The van der Waals surface area contributed by atoms with Crippen molar-refractivity contribution in [3.05, 3.63) is 47.4 Å². The van der Waals surface area contributed by atoms with Crippen molar-refractivity contribution in [1.82, 2.24) is 4.31 Å². The molecule has 0 unspecified atom stereocenters. The zero-order valence-electron chi connectivity index (χ0n) is 16.3. The summed E-state index contributed by atoms with van der Waals surface area (Å²) < 4.78 is 43.5. The van der Waals surface area contributed by atoms with Gasteiger partial charge in [0.15, 0.2) is 0 Å². The molecule has 1 aromatic carbocycles. The van der Waals surface area contributed by atoms with E-state index in [1.807, 2.05) is 19.1 Å². The number of sulfonamides is 1. The van der Waals surface area contributed by atoms with E-state index < -0.39 is 10.0 Å². The van der Waals surface area contributed by atoms with Crippen molar-refractivity contribution in [3.63, 3.8) is 0 Å². The molecule has 7 heteroatoms. The molecule has 1 aromatic heterocycles. The summed E-state index contributed by atoms with van der Waals surface area (Å²) >= 11 is 0. The number of ether oxygens (including phenoxy) is 2. The van der Waals surface area contributed by atoms with E-state index in [0.717, 1.165) is 17.7 Å². The van der Waals surface area contributed by atoms with Gasteiger partial charge in [0, 0.05) is 20.1 Å². The lowest BCUT2D eigenvalue weighted by molar-refractivity contribution is 0.146. The maximum atomic E-state index is 12.9. The number of rotatable bonds is 9. The summed E-state index contributed by atoms with van der Waals surface area (Å²) in [6.45, 7) is 5.12. The molecule has 0 radical (unpaired) electrons. The highest BCUT2D eigenvalue weighted by atomic mass is 32.2. The van der Waals surface area contributed by atoms with Gasteiger partial charge < -0.3 is 13.9 Å². The second-order valence-corrected chi connectivity index (χ2v) is 9.20. The van der Waals surface area contributed by atoms with Gasteiger partial charge in [-0.25, -0.2) is 8.42 Å². The minimum absolute atomic E-state index is 0.203. The zero-order chi connectivity index (χ0) is 19.6. The third kappa shape index (κ3) is 4.54. The molecule has 0 aliphatic heterocycles. The van der Waals surface area contributed by atoms with Gasteiger partial charge in [0.25, 0.3) is 0 Å². The van der Waals surface area contributed by atoms with Gasteiger partial charge in [-0.2, -0.15) is 4.31 Å². The average molecular weight is 394 g/mol. The quantitative estimate of drug-likeness (QED) is 0.609. The van der Waals surface area contributed by atoms with Crippen molar-refractivity contribution in [2.45, 2.75) is 37.6 Å². The first-order valence-electron chi connectivity index (χ1n) is 9.10. The van der Waals surface area contributed by atoms with Gasteiger partial charge in [-0.15, -0.1) is 0 Å². The topological polar surface area (TPSA) is 69.0 Å². The molecule has 6 nitrogen and oxygen atoms in total. The van der Waals surface area contributed by atoms with Crippen molar-refractivity contribution in [2.75, 3.05) is 27.4 Å². The highest BCUT2D eigenvalue weighted by Crippen LogP contribution is 2.47. The third-order valence-electron chi connectivity index (χ3n) is 4.94. The van der Waals surface area contributed by atoms with Gasteiger partial charge in [-0.3, -0.25) is 0 Å². The van der Waals surface area contributed by atoms with Crippen LogP contribution in [0, 0.1) is 12.8 Å². The van der Waals surface area contributed by atoms with Crippen LogP contribution >= 0.6 is 0 Å². The molecule has 1 fully saturated rings. The minimum atomic E-state index is -3.61. The van der Waals surface area contributed by atoms with Crippen LogP contribution in [0.2, 0.25) is 0 Å². The Morgan fingerprint density at radius 3 is 2.59 bits per heavy atom. The minimum Gasteiger partial charge on any atom is -0.491 e. The van der Waals surface area contributed by atoms with Crippen molar-refractivity contribution < 1.29 is 22.3 Å². The fraction of sp³-hybridized carbons (Fsp3) is 0.500. The molecule has 0 N–H and O–H groups in total. The van der Waals surface area contributed by atoms with Crippen LogP contribution in [0.15, 0.2) is 39.6 Å². The second-order valence-electron chi connectivity index (χ2n) is 7.15. The van der Waals surface area contributed by atoms with Crippen LogP contribution in [-0.4, -0.2) is 40.1 Å². The van der Waals surface area contributed by atoms with Gasteiger partial charge in [0.1, 0.15) is 23.9 Å². The smallest absolute Gasteiger partial charge is 0.243 e. The van der Waals surface area contributed by atoms with E-state index in [9.17, 15) is 8.42 Å². The lowest BCUT2D eigenvalue weighted by Gasteiger charge is -2.17. The van der Waals surface area contributed by atoms with Gasteiger partial charge in [0.2, 0.25) is 10.0 Å². The van der Waals surface area contributed by atoms with E-state index >= 15 is 0 Å². The molecule has 0 spiro atoms. The van der Waals surface area contributed by atoms with Gasteiger partial charge >= 0.3 is 0 Å². The van der Waals surface area contributed by atoms with Gasteiger partial charge in [-0.05, 0) is 55.2 Å². The van der Waals surface area contributed by atoms with Crippen LogP contribution in [0.5, 0.6) is 5.75 Å². The van der Waals surface area contributed by atoms with Crippen LogP contribution in [-0.2, 0) is 21.3 Å². The molecular weight excluding hydrogens is 366 g/mol. The van der Waals surface area contributed by atoms with Crippen molar-refractivity contribution in [1.29, 1.82) is 0 Å². The van der Waals surface area contributed by atoms with E-state index in [2.05, 4.69) is 6.92 Å². The molecule has 148 valence electrons. The first-order chi connectivity index (χ1) is 12.8. The van der Waals surface area contributed by atoms with Crippen LogP contribution in [0.3, 0.4) is 0 Å². The molecule has 1 heterocycles. The molecule has 27 heavy (non-hydrogen) atoms. The monoisotopic (exact) mass is 393 g/mol. The Hall–Kier alpha value is -1.83. The lowest BCUT2D eigenvalue weighted by atomic mass is 10.2. The molecule has 0 saturated heterocycles. The Labute approximate surface area is 161 Å². The molecule has 0 bridgehead atoms. The number of nitrogens with zero attached hydrogens (tertiary/aromatic N) is 1.